The summed E-state index contributed by atoms with van der Waals surface area (Å²) in [6, 6.07) is 8.25. The summed E-state index contributed by atoms with van der Waals surface area (Å²) >= 11 is 10.4. The third kappa shape index (κ3) is 2.57. The lowest BCUT2D eigenvalue weighted by molar-refractivity contribution is 0.506. The van der Waals surface area contributed by atoms with Crippen LogP contribution >= 0.6 is 23.5 Å². The molecular formula is C7H6Cl2O3S. The molecule has 1 rings (SSSR count). The summed E-state index contributed by atoms with van der Waals surface area (Å²) in [5, 5.41) is 0. The lowest BCUT2D eigenvalue weighted by Crippen LogP contribution is -2.07. The highest BCUT2D eigenvalue weighted by Crippen LogP contribution is 2.28. The van der Waals surface area contributed by atoms with E-state index in [9.17, 15) is 8.42 Å². The van der Waals surface area contributed by atoms with Crippen LogP contribution in [0.25, 0.3) is 0 Å². The van der Waals surface area contributed by atoms with Gasteiger partial charge in [0, 0.05) is 0 Å². The Morgan fingerprint density at radius 3 is 2.23 bits per heavy atom. The molecular weight excluding hydrogens is 235 g/mol. The molecule has 0 bridgehead atoms. The average Bonchev–Trinajstić information content (AvgIpc) is 2.18. The first-order chi connectivity index (χ1) is 6.08. The molecule has 0 aliphatic rings. The monoisotopic (exact) mass is 240 g/mol. The van der Waals surface area contributed by atoms with Crippen LogP contribution in [0, 0.1) is 0 Å². The predicted octanol–water partition coefficient (Wildman–Crippen LogP) is 2.42. The molecule has 0 saturated heterocycles. The lowest BCUT2D eigenvalue weighted by Gasteiger charge is -2.06. The highest BCUT2D eigenvalue weighted by molar-refractivity contribution is 7.88. The molecule has 0 aliphatic carbocycles. The van der Waals surface area contributed by atoms with Crippen molar-refractivity contribution < 1.29 is 12.2 Å². The van der Waals surface area contributed by atoms with Gasteiger partial charge in [-0.25, -0.2) is 0 Å². The van der Waals surface area contributed by atoms with Gasteiger partial charge in [0.2, 0.25) is 0 Å². The minimum Gasteiger partial charge on any atom is -0.196 e. The molecule has 13 heavy (non-hydrogen) atoms. The summed E-state index contributed by atoms with van der Waals surface area (Å²) in [5.74, 6) is 0. The minimum absolute atomic E-state index is 0.421. The molecule has 1 unspecified atom stereocenters. The molecule has 72 valence electrons. The molecule has 0 aliphatic heterocycles. The van der Waals surface area contributed by atoms with Crippen LogP contribution in [0.15, 0.2) is 30.3 Å². The third-order valence-corrected chi connectivity index (χ3v) is 3.79. The first kappa shape index (κ1) is 10.8. The second-order valence-electron chi connectivity index (χ2n) is 2.28. The fourth-order valence-electron chi connectivity index (χ4n) is 0.803. The van der Waals surface area contributed by atoms with Crippen LogP contribution in [0.3, 0.4) is 0 Å². The number of halogens is 2. The van der Waals surface area contributed by atoms with E-state index in [0.717, 1.165) is 0 Å². The highest BCUT2D eigenvalue weighted by atomic mass is 35.5. The SMILES string of the molecule is O=S(=O)(OCl)C(Cl)c1ccccc1. The maximum absolute atomic E-state index is 11.0. The largest absolute Gasteiger partial charge is 0.304 e. The Morgan fingerprint density at radius 2 is 1.77 bits per heavy atom. The van der Waals surface area contributed by atoms with Crippen LogP contribution in [0.1, 0.15) is 10.3 Å². The predicted molar refractivity (Wildman–Crippen MR) is 50.9 cm³/mol. The number of benzene rings is 1. The summed E-state index contributed by atoms with van der Waals surface area (Å²) in [6.07, 6.45) is 0. The van der Waals surface area contributed by atoms with E-state index in [-0.39, 0.29) is 0 Å². The zero-order valence-electron chi connectivity index (χ0n) is 6.35. The van der Waals surface area contributed by atoms with Crippen molar-refractivity contribution in [3.8, 4) is 0 Å². The van der Waals surface area contributed by atoms with Crippen molar-refractivity contribution >= 4 is 33.6 Å². The van der Waals surface area contributed by atoms with Crippen molar-refractivity contribution in [1.82, 2.24) is 0 Å². The van der Waals surface area contributed by atoms with Crippen LogP contribution in [0.5, 0.6) is 0 Å². The van der Waals surface area contributed by atoms with E-state index in [0.29, 0.717) is 5.56 Å². The van der Waals surface area contributed by atoms with Crippen LogP contribution in [0.2, 0.25) is 0 Å². The van der Waals surface area contributed by atoms with Crippen molar-refractivity contribution in [2.45, 2.75) is 4.71 Å². The molecule has 1 atom stereocenters. The van der Waals surface area contributed by atoms with Gasteiger partial charge in [0.15, 0.2) is 4.71 Å². The van der Waals surface area contributed by atoms with Crippen molar-refractivity contribution in [3.63, 3.8) is 0 Å². The molecule has 0 N–H and O–H groups in total. The molecule has 1 aromatic rings. The minimum atomic E-state index is -3.92. The molecule has 0 fully saturated rings. The van der Waals surface area contributed by atoms with E-state index >= 15 is 0 Å². The zero-order valence-corrected chi connectivity index (χ0v) is 8.68. The van der Waals surface area contributed by atoms with E-state index in [1.807, 2.05) is 0 Å². The van der Waals surface area contributed by atoms with Gasteiger partial charge in [-0.3, -0.25) is 0 Å². The van der Waals surface area contributed by atoms with Crippen molar-refractivity contribution in [2.24, 2.45) is 0 Å². The zero-order chi connectivity index (χ0) is 9.90. The fourth-order valence-corrected chi connectivity index (χ4v) is 1.94. The van der Waals surface area contributed by atoms with Gasteiger partial charge in [-0.15, -0.1) is 0 Å². The Kier molecular flexibility index (Phi) is 3.55. The summed E-state index contributed by atoms with van der Waals surface area (Å²) in [4.78, 5) is 0. The van der Waals surface area contributed by atoms with Gasteiger partial charge in [0.05, 0.1) is 11.9 Å². The molecule has 0 aromatic heterocycles. The Bertz CT molecular complexity index is 363. The molecule has 0 radical (unpaired) electrons. The van der Waals surface area contributed by atoms with Crippen molar-refractivity contribution in [2.75, 3.05) is 0 Å². The van der Waals surface area contributed by atoms with Gasteiger partial charge in [0.1, 0.15) is 0 Å². The number of alkyl halides is 1. The molecule has 3 nitrogen and oxygen atoms in total. The van der Waals surface area contributed by atoms with Gasteiger partial charge >= 0.3 is 10.1 Å². The molecule has 1 aromatic carbocycles. The molecule has 0 saturated carbocycles. The first-order valence-corrected chi connectivity index (χ1v) is 5.52. The van der Waals surface area contributed by atoms with Crippen molar-refractivity contribution in [3.05, 3.63) is 35.9 Å². The maximum Gasteiger partial charge on any atom is 0.304 e. The molecule has 0 amide bonds. The summed E-state index contributed by atoms with van der Waals surface area (Å²) in [5.41, 5.74) is 0.421. The van der Waals surface area contributed by atoms with Crippen molar-refractivity contribution in [1.29, 1.82) is 0 Å². The lowest BCUT2D eigenvalue weighted by atomic mass is 10.2. The van der Waals surface area contributed by atoms with E-state index in [2.05, 4.69) is 3.74 Å². The smallest absolute Gasteiger partial charge is 0.196 e. The van der Waals surface area contributed by atoms with Crippen LogP contribution in [-0.4, -0.2) is 8.42 Å². The van der Waals surface area contributed by atoms with Gasteiger partial charge in [-0.1, -0.05) is 41.9 Å². The van der Waals surface area contributed by atoms with Crippen LogP contribution in [-0.2, 0) is 13.9 Å². The van der Waals surface area contributed by atoms with Crippen LogP contribution < -0.4 is 0 Å². The Hall–Kier alpha value is -0.290. The topological polar surface area (TPSA) is 43.4 Å². The number of hydrogen-bond acceptors (Lipinski definition) is 3. The third-order valence-electron chi connectivity index (χ3n) is 1.40. The van der Waals surface area contributed by atoms with Gasteiger partial charge in [-0.05, 0) is 5.56 Å². The maximum atomic E-state index is 11.0. The summed E-state index contributed by atoms with van der Waals surface area (Å²) in [7, 11) is -3.92. The quantitative estimate of drug-likeness (QED) is 0.763. The molecule has 6 heteroatoms. The first-order valence-electron chi connectivity index (χ1n) is 3.31. The highest BCUT2D eigenvalue weighted by Gasteiger charge is 2.25. The van der Waals surface area contributed by atoms with E-state index < -0.39 is 14.8 Å². The van der Waals surface area contributed by atoms with Gasteiger partial charge < -0.3 is 0 Å². The summed E-state index contributed by atoms with van der Waals surface area (Å²) < 4.78 is 24.5. The Balaban J connectivity index is 2.99. The molecule has 0 spiro atoms. The number of hydrogen-bond donors (Lipinski definition) is 0. The Labute approximate surface area is 86.5 Å². The van der Waals surface area contributed by atoms with E-state index in [4.69, 9.17) is 23.5 Å². The summed E-state index contributed by atoms with van der Waals surface area (Å²) in [6.45, 7) is 0. The fraction of sp³-hybridized carbons (Fsp3) is 0.143. The Morgan fingerprint density at radius 1 is 1.23 bits per heavy atom. The normalized spacial score (nSPS) is 14.0. The average molecular weight is 241 g/mol. The van der Waals surface area contributed by atoms with Gasteiger partial charge in [0.25, 0.3) is 0 Å². The standard InChI is InChI=1S/C7H6Cl2O3S/c8-7(13(10,11)12-9)6-4-2-1-3-5-6/h1-5,7H. The van der Waals surface area contributed by atoms with E-state index in [1.54, 1.807) is 30.3 Å². The van der Waals surface area contributed by atoms with Gasteiger partial charge in [-0.2, -0.15) is 12.2 Å². The van der Waals surface area contributed by atoms with Crippen LogP contribution in [0.4, 0.5) is 0 Å². The molecule has 0 heterocycles. The second kappa shape index (κ2) is 4.28. The number of rotatable bonds is 3. The second-order valence-corrected chi connectivity index (χ2v) is 4.94. The van der Waals surface area contributed by atoms with E-state index in [1.165, 1.54) is 0 Å².